The Morgan fingerprint density at radius 2 is 2.05 bits per heavy atom. The van der Waals surface area contributed by atoms with Gasteiger partial charge in [0.1, 0.15) is 12.7 Å². The van der Waals surface area contributed by atoms with Crippen LogP contribution in [-0.2, 0) is 4.79 Å². The van der Waals surface area contributed by atoms with Gasteiger partial charge in [0.15, 0.2) is 11.5 Å². The fourth-order valence-electron chi connectivity index (χ4n) is 3.70. The number of carbonyl (C=O) groups is 1. The van der Waals surface area contributed by atoms with Crippen LogP contribution in [0.2, 0.25) is 0 Å². The second kappa shape index (κ2) is 5.47. The molecule has 1 aromatic carbocycles. The number of piperidine rings is 1. The molecule has 1 aromatic rings. The number of ether oxygens (including phenoxy) is 2. The van der Waals surface area contributed by atoms with Crippen molar-refractivity contribution in [3.63, 3.8) is 0 Å². The molecule has 1 saturated heterocycles. The fraction of sp³-hybridized carbons (Fsp3) is 0.588. The lowest BCUT2D eigenvalue weighted by Gasteiger charge is -2.27. The molecule has 2 heterocycles. The first-order valence-electron chi connectivity index (χ1n) is 8.14. The molecule has 2 fully saturated rings. The van der Waals surface area contributed by atoms with Crippen molar-refractivity contribution in [3.8, 4) is 11.5 Å². The molecular formula is C17H22N2O3. The molecule has 0 radical (unpaired) electrons. The van der Waals surface area contributed by atoms with Crippen molar-refractivity contribution >= 4 is 5.91 Å². The van der Waals surface area contributed by atoms with E-state index in [0.29, 0.717) is 13.2 Å². The summed E-state index contributed by atoms with van der Waals surface area (Å²) < 4.78 is 11.5. The monoisotopic (exact) mass is 302 g/mol. The molecule has 5 nitrogen and oxygen atoms in total. The lowest BCUT2D eigenvalue weighted by molar-refractivity contribution is -0.123. The average molecular weight is 302 g/mol. The molecule has 2 atom stereocenters. The Balaban J connectivity index is 1.28. The Kier molecular flexibility index (Phi) is 3.45. The fourth-order valence-corrected chi connectivity index (χ4v) is 3.70. The van der Waals surface area contributed by atoms with E-state index in [4.69, 9.17) is 9.47 Å². The lowest BCUT2D eigenvalue weighted by atomic mass is 9.92. The number of amides is 1. The second-order valence-corrected chi connectivity index (χ2v) is 6.61. The van der Waals surface area contributed by atoms with Crippen LogP contribution in [0.25, 0.3) is 0 Å². The van der Waals surface area contributed by atoms with Crippen LogP contribution in [0.15, 0.2) is 24.3 Å². The summed E-state index contributed by atoms with van der Waals surface area (Å²) in [5.74, 6) is 1.92. The van der Waals surface area contributed by atoms with Gasteiger partial charge in [0.25, 0.3) is 0 Å². The minimum Gasteiger partial charge on any atom is -0.486 e. The summed E-state index contributed by atoms with van der Waals surface area (Å²) >= 11 is 0. The molecule has 2 unspecified atom stereocenters. The molecule has 0 aromatic heterocycles. The van der Waals surface area contributed by atoms with Gasteiger partial charge in [-0.25, -0.2) is 0 Å². The summed E-state index contributed by atoms with van der Waals surface area (Å²) in [4.78, 5) is 12.3. The molecule has 2 aliphatic heterocycles. The van der Waals surface area contributed by atoms with Gasteiger partial charge in [0.05, 0.1) is 6.54 Å². The molecule has 1 saturated carbocycles. The smallest absolute Gasteiger partial charge is 0.223 e. The van der Waals surface area contributed by atoms with E-state index < -0.39 is 0 Å². The third kappa shape index (κ3) is 2.54. The molecule has 2 N–H and O–H groups in total. The highest BCUT2D eigenvalue weighted by molar-refractivity contribution is 5.82. The third-order valence-electron chi connectivity index (χ3n) is 5.18. The van der Waals surface area contributed by atoms with Crippen LogP contribution < -0.4 is 20.1 Å². The molecule has 1 amide bonds. The van der Waals surface area contributed by atoms with Gasteiger partial charge >= 0.3 is 0 Å². The van der Waals surface area contributed by atoms with Gasteiger partial charge in [0.2, 0.25) is 5.91 Å². The SMILES string of the molecule is O=C(NCC1COc2ccccc2O1)C1CC12CCNCC2. The van der Waals surface area contributed by atoms with Crippen molar-refractivity contribution in [2.75, 3.05) is 26.2 Å². The van der Waals surface area contributed by atoms with Crippen molar-refractivity contribution in [1.82, 2.24) is 10.6 Å². The van der Waals surface area contributed by atoms with E-state index in [1.807, 2.05) is 24.3 Å². The highest BCUT2D eigenvalue weighted by Gasteiger charge is 2.57. The van der Waals surface area contributed by atoms with Gasteiger partial charge in [-0.05, 0) is 49.9 Å². The van der Waals surface area contributed by atoms with Crippen LogP contribution in [0.1, 0.15) is 19.3 Å². The van der Waals surface area contributed by atoms with Gasteiger partial charge in [-0.1, -0.05) is 12.1 Å². The normalized spacial score (nSPS) is 28.2. The Morgan fingerprint density at radius 3 is 2.86 bits per heavy atom. The van der Waals surface area contributed by atoms with E-state index >= 15 is 0 Å². The maximum Gasteiger partial charge on any atom is 0.223 e. The molecule has 1 aliphatic carbocycles. The zero-order valence-electron chi connectivity index (χ0n) is 12.6. The minimum atomic E-state index is -0.110. The maximum absolute atomic E-state index is 12.3. The van der Waals surface area contributed by atoms with Crippen LogP contribution in [-0.4, -0.2) is 38.3 Å². The van der Waals surface area contributed by atoms with E-state index in [1.54, 1.807) is 0 Å². The van der Waals surface area contributed by atoms with Gasteiger partial charge < -0.3 is 20.1 Å². The van der Waals surface area contributed by atoms with Crippen molar-refractivity contribution in [2.24, 2.45) is 11.3 Å². The van der Waals surface area contributed by atoms with Crippen molar-refractivity contribution in [3.05, 3.63) is 24.3 Å². The summed E-state index contributed by atoms with van der Waals surface area (Å²) in [6.07, 6.45) is 3.19. The van der Waals surface area contributed by atoms with Crippen LogP contribution in [0, 0.1) is 11.3 Å². The van der Waals surface area contributed by atoms with Crippen molar-refractivity contribution in [2.45, 2.75) is 25.4 Å². The van der Waals surface area contributed by atoms with Gasteiger partial charge in [-0.2, -0.15) is 0 Å². The summed E-state index contributed by atoms with van der Waals surface area (Å²) in [7, 11) is 0. The average Bonchev–Trinajstić information content (AvgIpc) is 3.26. The third-order valence-corrected chi connectivity index (χ3v) is 5.18. The largest absolute Gasteiger partial charge is 0.486 e. The molecule has 5 heteroatoms. The lowest BCUT2D eigenvalue weighted by Crippen LogP contribution is -2.42. The molecule has 118 valence electrons. The highest BCUT2D eigenvalue weighted by Crippen LogP contribution is 2.58. The minimum absolute atomic E-state index is 0.110. The second-order valence-electron chi connectivity index (χ2n) is 6.61. The van der Waals surface area contributed by atoms with Crippen LogP contribution in [0.5, 0.6) is 11.5 Å². The Hall–Kier alpha value is -1.75. The van der Waals surface area contributed by atoms with Crippen molar-refractivity contribution < 1.29 is 14.3 Å². The van der Waals surface area contributed by atoms with E-state index in [9.17, 15) is 4.79 Å². The first-order valence-corrected chi connectivity index (χ1v) is 8.14. The summed E-state index contributed by atoms with van der Waals surface area (Å²) in [6.45, 7) is 3.08. The molecule has 1 spiro atoms. The van der Waals surface area contributed by atoms with Gasteiger partial charge in [-0.3, -0.25) is 4.79 Å². The van der Waals surface area contributed by atoms with Gasteiger partial charge in [0, 0.05) is 5.92 Å². The maximum atomic E-state index is 12.3. The number of para-hydroxylation sites is 2. The first kappa shape index (κ1) is 13.9. The predicted octanol–water partition coefficient (Wildman–Crippen LogP) is 1.33. The van der Waals surface area contributed by atoms with Crippen LogP contribution in [0.4, 0.5) is 0 Å². The molecule has 3 aliphatic rings. The Morgan fingerprint density at radius 1 is 1.27 bits per heavy atom. The van der Waals surface area contributed by atoms with E-state index in [0.717, 1.165) is 43.9 Å². The Labute approximate surface area is 130 Å². The zero-order valence-corrected chi connectivity index (χ0v) is 12.6. The van der Waals surface area contributed by atoms with E-state index in [2.05, 4.69) is 10.6 Å². The number of hydrogen-bond donors (Lipinski definition) is 2. The standard InChI is InChI=1S/C17H22N2O3/c20-16(13-9-17(13)5-7-18-8-6-17)19-10-12-11-21-14-3-1-2-4-15(14)22-12/h1-4,12-13,18H,5-11H2,(H,19,20). The van der Waals surface area contributed by atoms with Crippen LogP contribution >= 0.6 is 0 Å². The Bertz CT molecular complexity index is 569. The number of benzene rings is 1. The first-order chi connectivity index (χ1) is 10.8. The van der Waals surface area contributed by atoms with Crippen molar-refractivity contribution in [1.29, 1.82) is 0 Å². The van der Waals surface area contributed by atoms with E-state index in [1.165, 1.54) is 0 Å². The number of hydrogen-bond acceptors (Lipinski definition) is 4. The summed E-state index contributed by atoms with van der Waals surface area (Å²) in [5, 5.41) is 6.42. The topological polar surface area (TPSA) is 59.6 Å². The van der Waals surface area contributed by atoms with Gasteiger partial charge in [-0.15, -0.1) is 0 Å². The number of rotatable bonds is 3. The highest BCUT2D eigenvalue weighted by atomic mass is 16.6. The molecule has 4 rings (SSSR count). The predicted molar refractivity (Wildman–Crippen MR) is 82.0 cm³/mol. The summed E-state index contributed by atoms with van der Waals surface area (Å²) in [5.41, 5.74) is 0.284. The molecule has 0 bridgehead atoms. The number of nitrogens with one attached hydrogen (secondary N) is 2. The zero-order chi connectivity index (χ0) is 15.0. The molecule has 22 heavy (non-hydrogen) atoms. The quantitative estimate of drug-likeness (QED) is 0.884. The molecular weight excluding hydrogens is 280 g/mol. The summed E-state index contributed by atoms with van der Waals surface area (Å²) in [6, 6.07) is 7.65. The number of fused-ring (bicyclic) bond motifs is 1. The van der Waals surface area contributed by atoms with Crippen LogP contribution in [0.3, 0.4) is 0 Å². The number of carbonyl (C=O) groups excluding carboxylic acids is 1. The van der Waals surface area contributed by atoms with E-state index in [-0.39, 0.29) is 23.3 Å².